The fraction of sp³-hybridized carbons (Fsp3) is 0.556. The second-order valence-corrected chi connectivity index (χ2v) is 3.77. The molecule has 1 aromatic heterocycles. The zero-order valence-electron chi connectivity index (χ0n) is 8.16. The SMILES string of the molecule is O=C(O)Cc1nn(C2CC2)cc1C(F)(F)F. The molecule has 0 amide bonds. The van der Waals surface area contributed by atoms with E-state index in [2.05, 4.69) is 5.10 Å². The number of alkyl halides is 3. The van der Waals surface area contributed by atoms with Crippen molar-refractivity contribution in [3.8, 4) is 0 Å². The number of carboxylic acid groups (broad SMARTS) is 1. The van der Waals surface area contributed by atoms with Crippen molar-refractivity contribution in [1.29, 1.82) is 0 Å². The number of carboxylic acids is 1. The monoisotopic (exact) mass is 234 g/mol. The van der Waals surface area contributed by atoms with E-state index in [0.717, 1.165) is 19.0 Å². The standard InChI is InChI=1S/C9H9F3N2O2/c10-9(11,12)6-4-14(5-1-2-5)13-7(6)3-8(15)16/h4-5H,1-3H2,(H,15,16). The first-order chi connectivity index (χ1) is 7.38. The molecule has 1 N–H and O–H groups in total. The van der Waals surface area contributed by atoms with Gasteiger partial charge < -0.3 is 5.11 Å². The summed E-state index contributed by atoms with van der Waals surface area (Å²) in [6.07, 6.45) is -2.75. The lowest BCUT2D eigenvalue weighted by Crippen LogP contribution is -2.10. The first-order valence-corrected chi connectivity index (χ1v) is 4.75. The van der Waals surface area contributed by atoms with Crippen molar-refractivity contribution >= 4 is 5.97 Å². The van der Waals surface area contributed by atoms with Crippen LogP contribution in [-0.4, -0.2) is 20.9 Å². The van der Waals surface area contributed by atoms with Gasteiger partial charge in [0.15, 0.2) is 0 Å². The molecule has 1 heterocycles. The molecule has 2 rings (SSSR count). The summed E-state index contributed by atoms with van der Waals surface area (Å²) in [6.45, 7) is 0. The smallest absolute Gasteiger partial charge is 0.419 e. The fourth-order valence-corrected chi connectivity index (χ4v) is 1.47. The second kappa shape index (κ2) is 3.50. The van der Waals surface area contributed by atoms with Crippen molar-refractivity contribution in [3.63, 3.8) is 0 Å². The van der Waals surface area contributed by atoms with Gasteiger partial charge >= 0.3 is 12.1 Å². The van der Waals surface area contributed by atoms with Crippen LogP contribution in [0.25, 0.3) is 0 Å². The highest BCUT2D eigenvalue weighted by atomic mass is 19.4. The molecule has 0 bridgehead atoms. The first kappa shape index (κ1) is 11.0. The van der Waals surface area contributed by atoms with Crippen LogP contribution in [0.15, 0.2) is 6.20 Å². The molecule has 88 valence electrons. The summed E-state index contributed by atoms with van der Waals surface area (Å²) in [5.74, 6) is -1.31. The van der Waals surface area contributed by atoms with E-state index >= 15 is 0 Å². The number of aromatic nitrogens is 2. The zero-order chi connectivity index (χ0) is 11.9. The Morgan fingerprint density at radius 2 is 2.19 bits per heavy atom. The third kappa shape index (κ3) is 2.17. The average Bonchev–Trinajstić information content (AvgIpc) is 2.86. The molecule has 1 aliphatic rings. The lowest BCUT2D eigenvalue weighted by Gasteiger charge is -2.03. The Bertz CT molecular complexity index is 421. The van der Waals surface area contributed by atoms with Crippen LogP contribution in [0.1, 0.15) is 30.1 Å². The topological polar surface area (TPSA) is 55.1 Å². The number of rotatable bonds is 3. The summed E-state index contributed by atoms with van der Waals surface area (Å²) in [6, 6.07) is 0.00337. The Hall–Kier alpha value is -1.53. The third-order valence-electron chi connectivity index (χ3n) is 2.35. The highest BCUT2D eigenvalue weighted by molar-refractivity contribution is 5.70. The lowest BCUT2D eigenvalue weighted by atomic mass is 10.2. The molecular formula is C9H9F3N2O2. The molecule has 0 unspecified atom stereocenters. The van der Waals surface area contributed by atoms with Crippen molar-refractivity contribution < 1.29 is 23.1 Å². The van der Waals surface area contributed by atoms with Gasteiger partial charge in [0, 0.05) is 6.20 Å². The number of carbonyl (C=O) groups is 1. The predicted molar refractivity (Wildman–Crippen MR) is 46.8 cm³/mol. The average molecular weight is 234 g/mol. The number of halogens is 3. The highest BCUT2D eigenvalue weighted by Crippen LogP contribution is 2.38. The largest absolute Gasteiger partial charge is 0.481 e. The Labute approximate surface area is 88.7 Å². The third-order valence-corrected chi connectivity index (χ3v) is 2.35. The highest BCUT2D eigenvalue weighted by Gasteiger charge is 2.38. The Balaban J connectivity index is 2.35. The quantitative estimate of drug-likeness (QED) is 0.868. The molecule has 0 spiro atoms. The van der Waals surface area contributed by atoms with E-state index in [0.29, 0.717) is 0 Å². The van der Waals surface area contributed by atoms with E-state index in [1.54, 1.807) is 0 Å². The summed E-state index contributed by atoms with van der Waals surface area (Å²) in [7, 11) is 0. The summed E-state index contributed by atoms with van der Waals surface area (Å²) < 4.78 is 38.9. The fourth-order valence-electron chi connectivity index (χ4n) is 1.47. The van der Waals surface area contributed by atoms with Crippen LogP contribution >= 0.6 is 0 Å². The maximum Gasteiger partial charge on any atom is 0.419 e. The number of hydrogen-bond acceptors (Lipinski definition) is 2. The molecule has 1 fully saturated rings. The van der Waals surface area contributed by atoms with Crippen LogP contribution in [0.5, 0.6) is 0 Å². The number of hydrogen-bond donors (Lipinski definition) is 1. The molecule has 1 aromatic rings. The minimum Gasteiger partial charge on any atom is -0.481 e. The van der Waals surface area contributed by atoms with Crippen LogP contribution in [0.2, 0.25) is 0 Å². The van der Waals surface area contributed by atoms with Gasteiger partial charge in [-0.1, -0.05) is 0 Å². The number of nitrogens with zero attached hydrogens (tertiary/aromatic N) is 2. The van der Waals surface area contributed by atoms with Gasteiger partial charge in [-0.05, 0) is 12.8 Å². The van der Waals surface area contributed by atoms with Crippen molar-refractivity contribution in [3.05, 3.63) is 17.5 Å². The summed E-state index contributed by atoms with van der Waals surface area (Å²) >= 11 is 0. The molecule has 16 heavy (non-hydrogen) atoms. The zero-order valence-corrected chi connectivity index (χ0v) is 8.16. The molecule has 4 nitrogen and oxygen atoms in total. The van der Waals surface area contributed by atoms with Crippen LogP contribution in [-0.2, 0) is 17.4 Å². The van der Waals surface area contributed by atoms with E-state index in [1.807, 2.05) is 0 Å². The van der Waals surface area contributed by atoms with Gasteiger partial charge in [0.05, 0.1) is 23.7 Å². The molecule has 0 atom stereocenters. The van der Waals surface area contributed by atoms with E-state index in [1.165, 1.54) is 4.68 Å². The molecular weight excluding hydrogens is 225 g/mol. The molecule has 7 heteroatoms. The van der Waals surface area contributed by atoms with Crippen molar-refractivity contribution in [2.45, 2.75) is 31.5 Å². The molecule has 1 saturated carbocycles. The van der Waals surface area contributed by atoms with Gasteiger partial charge in [-0.25, -0.2) is 0 Å². The Morgan fingerprint density at radius 1 is 1.56 bits per heavy atom. The number of aliphatic carboxylic acids is 1. The molecule has 0 radical (unpaired) electrons. The molecule has 0 aliphatic heterocycles. The van der Waals surface area contributed by atoms with Crippen LogP contribution in [0, 0.1) is 0 Å². The molecule has 0 aromatic carbocycles. The summed E-state index contributed by atoms with van der Waals surface area (Å²) in [5.41, 5.74) is -1.35. The van der Waals surface area contributed by atoms with E-state index in [4.69, 9.17) is 5.11 Å². The molecule has 0 saturated heterocycles. The van der Waals surface area contributed by atoms with Gasteiger partial charge in [0.25, 0.3) is 0 Å². The summed E-state index contributed by atoms with van der Waals surface area (Å²) in [5, 5.41) is 12.2. The lowest BCUT2D eigenvalue weighted by molar-refractivity contribution is -0.139. The minimum absolute atomic E-state index is 0.00337. The van der Waals surface area contributed by atoms with E-state index in [-0.39, 0.29) is 6.04 Å². The van der Waals surface area contributed by atoms with Gasteiger partial charge in [-0.15, -0.1) is 0 Å². The maximum atomic E-state index is 12.5. The van der Waals surface area contributed by atoms with E-state index in [9.17, 15) is 18.0 Å². The molecule has 1 aliphatic carbocycles. The first-order valence-electron chi connectivity index (χ1n) is 4.75. The normalized spacial score (nSPS) is 16.4. The van der Waals surface area contributed by atoms with E-state index < -0.39 is 29.8 Å². The van der Waals surface area contributed by atoms with Gasteiger partial charge in [-0.2, -0.15) is 18.3 Å². The van der Waals surface area contributed by atoms with Gasteiger partial charge in [0.2, 0.25) is 0 Å². The minimum atomic E-state index is -4.54. The van der Waals surface area contributed by atoms with Gasteiger partial charge in [0.1, 0.15) is 0 Å². The van der Waals surface area contributed by atoms with Crippen LogP contribution in [0.3, 0.4) is 0 Å². The maximum absolute atomic E-state index is 12.5. The summed E-state index contributed by atoms with van der Waals surface area (Å²) in [4.78, 5) is 10.4. The van der Waals surface area contributed by atoms with Crippen LogP contribution in [0.4, 0.5) is 13.2 Å². The van der Waals surface area contributed by atoms with Crippen molar-refractivity contribution in [2.24, 2.45) is 0 Å². The second-order valence-electron chi connectivity index (χ2n) is 3.77. The van der Waals surface area contributed by atoms with Crippen LogP contribution < -0.4 is 0 Å². The Morgan fingerprint density at radius 3 is 2.62 bits per heavy atom. The Kier molecular flexibility index (Phi) is 2.40. The predicted octanol–water partition coefficient (Wildman–Crippen LogP) is 1.86. The van der Waals surface area contributed by atoms with Crippen molar-refractivity contribution in [2.75, 3.05) is 0 Å². The van der Waals surface area contributed by atoms with Crippen molar-refractivity contribution in [1.82, 2.24) is 9.78 Å². The van der Waals surface area contributed by atoms with Gasteiger partial charge in [-0.3, -0.25) is 9.48 Å².